The van der Waals surface area contributed by atoms with Crippen LogP contribution in [0, 0.1) is 0 Å². The molecular weight excluding hydrogens is 344 g/mol. The third-order valence-corrected chi connectivity index (χ3v) is 3.68. The highest BCUT2D eigenvalue weighted by atomic mass is 79.9. The summed E-state index contributed by atoms with van der Waals surface area (Å²) in [5, 5.41) is 3.13. The van der Waals surface area contributed by atoms with Gasteiger partial charge in [0.15, 0.2) is 5.82 Å². The summed E-state index contributed by atoms with van der Waals surface area (Å²) in [6.45, 7) is -0.641. The van der Waals surface area contributed by atoms with Crippen LogP contribution < -0.4 is 10.1 Å². The third kappa shape index (κ3) is 3.79. The van der Waals surface area contributed by atoms with Crippen LogP contribution in [0.3, 0.4) is 0 Å². The highest BCUT2D eigenvalue weighted by Crippen LogP contribution is 2.29. The normalized spacial score (nSPS) is 12.7. The number of halogens is 3. The van der Waals surface area contributed by atoms with E-state index in [0.29, 0.717) is 5.75 Å². The first-order valence-electron chi connectivity index (χ1n) is 6.42. The van der Waals surface area contributed by atoms with Gasteiger partial charge in [-0.25, -0.2) is 4.98 Å². The monoisotopic (exact) mass is 359 g/mol. The maximum Gasteiger partial charge on any atom is 0.320 e. The summed E-state index contributed by atoms with van der Waals surface area (Å²) in [6.07, 6.45) is 2.57. The van der Waals surface area contributed by atoms with Crippen molar-refractivity contribution in [2.45, 2.75) is 26.1 Å². The van der Waals surface area contributed by atoms with E-state index in [1.165, 1.54) is 12.4 Å². The van der Waals surface area contributed by atoms with Gasteiger partial charge in [0, 0.05) is 28.5 Å². The van der Waals surface area contributed by atoms with E-state index in [2.05, 4.69) is 26.2 Å². The van der Waals surface area contributed by atoms with Gasteiger partial charge in [0.05, 0.1) is 0 Å². The van der Waals surface area contributed by atoms with Gasteiger partial charge < -0.3 is 10.1 Å². The molecule has 21 heavy (non-hydrogen) atoms. The summed E-state index contributed by atoms with van der Waals surface area (Å²) >= 11 is 3.38. The average Bonchev–Trinajstić information content (AvgIpc) is 2.93. The predicted octanol–water partition coefficient (Wildman–Crippen LogP) is 3.90. The van der Waals surface area contributed by atoms with Gasteiger partial charge in [-0.3, -0.25) is 4.57 Å². The van der Waals surface area contributed by atoms with Gasteiger partial charge in [-0.2, -0.15) is 8.78 Å². The second-order valence-corrected chi connectivity index (χ2v) is 5.43. The second-order valence-electron chi connectivity index (χ2n) is 4.51. The summed E-state index contributed by atoms with van der Waals surface area (Å²) in [5.41, 5.74) is 0.954. The molecule has 1 aromatic carbocycles. The molecule has 1 aromatic heterocycles. The van der Waals surface area contributed by atoms with Crippen molar-refractivity contribution < 1.29 is 13.5 Å². The van der Waals surface area contributed by atoms with Crippen molar-refractivity contribution in [3.63, 3.8) is 0 Å². The fourth-order valence-corrected chi connectivity index (χ4v) is 2.26. The van der Waals surface area contributed by atoms with Gasteiger partial charge in [-0.05, 0) is 26.1 Å². The number of nitrogens with zero attached hydrogens (tertiary/aromatic N) is 2. The van der Waals surface area contributed by atoms with E-state index in [9.17, 15) is 8.78 Å². The fraction of sp³-hybridized carbons (Fsp3) is 0.357. The van der Waals surface area contributed by atoms with Crippen LogP contribution in [0.4, 0.5) is 8.78 Å². The van der Waals surface area contributed by atoms with Crippen molar-refractivity contribution in [2.75, 3.05) is 7.05 Å². The molecule has 0 bridgehead atoms. The molecule has 0 spiro atoms. The summed E-state index contributed by atoms with van der Waals surface area (Å²) < 4.78 is 32.9. The van der Waals surface area contributed by atoms with E-state index in [0.717, 1.165) is 14.6 Å². The maximum atomic E-state index is 12.8. The van der Waals surface area contributed by atoms with Gasteiger partial charge in [-0.15, -0.1) is 0 Å². The minimum atomic E-state index is -2.62. The topological polar surface area (TPSA) is 39.1 Å². The molecule has 0 radical (unpaired) electrons. The Bertz CT molecular complexity index is 604. The Balaban J connectivity index is 2.19. The highest BCUT2D eigenvalue weighted by molar-refractivity contribution is 9.10. The lowest BCUT2D eigenvalue weighted by atomic mass is 10.1. The zero-order valence-corrected chi connectivity index (χ0v) is 13.3. The molecule has 0 fully saturated rings. The molecular formula is C14H16BrF2N3O. The smallest absolute Gasteiger partial charge is 0.320 e. The molecule has 2 rings (SSSR count). The minimum absolute atomic E-state index is 0.0166. The molecule has 0 aliphatic rings. The van der Waals surface area contributed by atoms with Crippen molar-refractivity contribution in [1.82, 2.24) is 14.9 Å². The lowest BCUT2D eigenvalue weighted by Crippen LogP contribution is -2.14. The first-order valence-corrected chi connectivity index (χ1v) is 7.21. The molecule has 1 unspecified atom stereocenters. The third-order valence-electron chi connectivity index (χ3n) is 3.19. The molecule has 0 saturated carbocycles. The average molecular weight is 360 g/mol. The number of imidazole rings is 1. The molecule has 7 heteroatoms. The van der Waals surface area contributed by atoms with Crippen molar-refractivity contribution >= 4 is 15.9 Å². The molecule has 0 aliphatic carbocycles. The number of rotatable bonds is 6. The molecule has 114 valence electrons. The molecule has 4 nitrogen and oxygen atoms in total. The number of hydrogen-bond acceptors (Lipinski definition) is 3. The Morgan fingerprint density at radius 1 is 1.43 bits per heavy atom. The highest BCUT2D eigenvalue weighted by Gasteiger charge is 2.14. The maximum absolute atomic E-state index is 12.8. The molecule has 1 N–H and O–H groups in total. The SMILES string of the molecule is CNC(C)c1ccc(Br)cc1OCc1nccn1C(F)F. The van der Waals surface area contributed by atoms with E-state index in [4.69, 9.17) is 4.74 Å². The van der Waals surface area contributed by atoms with E-state index in [1.54, 1.807) is 0 Å². The van der Waals surface area contributed by atoms with Crippen LogP contribution in [-0.2, 0) is 6.61 Å². The predicted molar refractivity (Wildman–Crippen MR) is 79.4 cm³/mol. The second kappa shape index (κ2) is 7.00. The molecule has 0 saturated heterocycles. The van der Waals surface area contributed by atoms with Crippen LogP contribution in [0.5, 0.6) is 5.75 Å². The van der Waals surface area contributed by atoms with Gasteiger partial charge in [0.25, 0.3) is 0 Å². The van der Waals surface area contributed by atoms with E-state index < -0.39 is 6.55 Å². The molecule has 1 heterocycles. The van der Waals surface area contributed by atoms with Crippen molar-refractivity contribution in [1.29, 1.82) is 0 Å². The fourth-order valence-electron chi connectivity index (χ4n) is 1.92. The molecule has 2 aromatic rings. The Kier molecular flexibility index (Phi) is 5.30. The summed E-state index contributed by atoms with van der Waals surface area (Å²) in [6, 6.07) is 5.75. The Hall–Kier alpha value is -1.47. The van der Waals surface area contributed by atoms with Crippen LogP contribution in [0.25, 0.3) is 0 Å². The van der Waals surface area contributed by atoms with E-state index in [-0.39, 0.29) is 18.5 Å². The van der Waals surface area contributed by atoms with Crippen LogP contribution in [-0.4, -0.2) is 16.6 Å². The number of hydrogen-bond donors (Lipinski definition) is 1. The Labute approximate surface area is 130 Å². The van der Waals surface area contributed by atoms with Crippen molar-refractivity contribution in [3.8, 4) is 5.75 Å². The minimum Gasteiger partial charge on any atom is -0.485 e. The zero-order valence-electron chi connectivity index (χ0n) is 11.7. The number of alkyl halides is 2. The van der Waals surface area contributed by atoms with Crippen LogP contribution in [0.15, 0.2) is 35.1 Å². The lowest BCUT2D eigenvalue weighted by molar-refractivity contribution is 0.0632. The molecule has 1 atom stereocenters. The van der Waals surface area contributed by atoms with Crippen LogP contribution in [0.1, 0.15) is 30.9 Å². The number of ether oxygens (including phenoxy) is 1. The van der Waals surface area contributed by atoms with Gasteiger partial charge in [0.2, 0.25) is 0 Å². The Morgan fingerprint density at radius 2 is 2.19 bits per heavy atom. The number of benzene rings is 1. The standard InChI is InChI=1S/C14H16BrF2N3O/c1-9(18-2)11-4-3-10(15)7-12(11)21-8-13-19-5-6-20(13)14(16)17/h3-7,9,14,18H,8H2,1-2H3. The van der Waals surface area contributed by atoms with E-state index >= 15 is 0 Å². The van der Waals surface area contributed by atoms with Crippen molar-refractivity contribution in [3.05, 3.63) is 46.5 Å². The van der Waals surface area contributed by atoms with Gasteiger partial charge in [-0.1, -0.05) is 22.0 Å². The van der Waals surface area contributed by atoms with Gasteiger partial charge >= 0.3 is 6.55 Å². The lowest BCUT2D eigenvalue weighted by Gasteiger charge is -2.17. The first kappa shape index (κ1) is 15.9. The van der Waals surface area contributed by atoms with E-state index in [1.807, 2.05) is 32.2 Å². The van der Waals surface area contributed by atoms with Crippen molar-refractivity contribution in [2.24, 2.45) is 0 Å². The summed E-state index contributed by atoms with van der Waals surface area (Å²) in [5.74, 6) is 0.822. The van der Waals surface area contributed by atoms with Crippen LogP contribution in [0.2, 0.25) is 0 Å². The largest absolute Gasteiger partial charge is 0.485 e. The Morgan fingerprint density at radius 3 is 2.86 bits per heavy atom. The summed E-state index contributed by atoms with van der Waals surface area (Å²) in [4.78, 5) is 3.90. The zero-order chi connectivity index (χ0) is 15.4. The number of nitrogens with one attached hydrogen (secondary N) is 1. The first-order chi connectivity index (χ1) is 10.0. The van der Waals surface area contributed by atoms with Gasteiger partial charge in [0.1, 0.15) is 12.4 Å². The molecule has 0 aliphatic heterocycles. The number of aromatic nitrogens is 2. The quantitative estimate of drug-likeness (QED) is 0.849. The molecule has 0 amide bonds. The van der Waals surface area contributed by atoms with Crippen LogP contribution >= 0.6 is 15.9 Å². The summed E-state index contributed by atoms with van der Waals surface area (Å²) in [7, 11) is 1.85.